The van der Waals surface area contributed by atoms with Crippen LogP contribution in [0.4, 0.5) is 5.69 Å². The topological polar surface area (TPSA) is 91.3 Å². The zero-order valence-corrected chi connectivity index (χ0v) is 14.9. The van der Waals surface area contributed by atoms with Crippen LogP contribution in [0, 0.1) is 6.92 Å². The molecule has 3 rings (SSSR count). The van der Waals surface area contributed by atoms with Crippen LogP contribution in [0.1, 0.15) is 18.4 Å². The Bertz CT molecular complexity index is 889. The summed E-state index contributed by atoms with van der Waals surface area (Å²) in [6, 6.07) is 3.29. The van der Waals surface area contributed by atoms with Gasteiger partial charge < -0.3 is 14.4 Å². The predicted molar refractivity (Wildman–Crippen MR) is 98.3 cm³/mol. The molecule has 3 heterocycles. The maximum Gasteiger partial charge on any atom is 0.328 e. The third kappa shape index (κ3) is 4.19. The quantitative estimate of drug-likeness (QED) is 0.854. The number of nitrogens with one attached hydrogen (secondary N) is 1. The second-order valence-corrected chi connectivity index (χ2v) is 6.44. The molecular weight excluding hydrogens is 334 g/mol. The Balaban J connectivity index is 1.58. The lowest BCUT2D eigenvalue weighted by Crippen LogP contribution is -2.36. The van der Waals surface area contributed by atoms with Crippen molar-refractivity contribution < 1.29 is 4.79 Å². The van der Waals surface area contributed by atoms with Crippen molar-refractivity contribution >= 4 is 11.6 Å². The molecule has 1 amide bonds. The summed E-state index contributed by atoms with van der Waals surface area (Å²) in [5, 5.41) is 0. The number of H-pyrrole nitrogens is 1. The molecule has 2 aromatic heterocycles. The van der Waals surface area contributed by atoms with Gasteiger partial charge in [0.2, 0.25) is 5.91 Å². The highest BCUT2D eigenvalue weighted by atomic mass is 16.2. The number of hydrogen-bond acceptors (Lipinski definition) is 5. The van der Waals surface area contributed by atoms with E-state index in [-0.39, 0.29) is 18.9 Å². The zero-order valence-electron chi connectivity index (χ0n) is 14.9. The summed E-state index contributed by atoms with van der Waals surface area (Å²) in [4.78, 5) is 45.8. The van der Waals surface area contributed by atoms with E-state index in [1.54, 1.807) is 6.20 Å². The smallest absolute Gasteiger partial charge is 0.328 e. The summed E-state index contributed by atoms with van der Waals surface area (Å²) >= 11 is 0. The van der Waals surface area contributed by atoms with E-state index in [0.29, 0.717) is 13.1 Å². The number of aryl methyl sites for hydroxylation is 2. The Morgan fingerprint density at radius 2 is 2.04 bits per heavy atom. The summed E-state index contributed by atoms with van der Waals surface area (Å²) < 4.78 is 1.35. The molecule has 2 aromatic rings. The first-order valence-corrected chi connectivity index (χ1v) is 8.78. The van der Waals surface area contributed by atoms with E-state index in [1.807, 2.05) is 24.1 Å². The van der Waals surface area contributed by atoms with E-state index >= 15 is 0 Å². The van der Waals surface area contributed by atoms with Gasteiger partial charge in [-0.15, -0.1) is 0 Å². The lowest BCUT2D eigenvalue weighted by Gasteiger charge is -2.25. The van der Waals surface area contributed by atoms with Crippen molar-refractivity contribution in [3.8, 4) is 0 Å². The average Bonchev–Trinajstić information content (AvgIpc) is 2.87. The fourth-order valence-electron chi connectivity index (χ4n) is 3.22. The van der Waals surface area contributed by atoms with Gasteiger partial charge in [-0.2, -0.15) is 0 Å². The Kier molecular flexibility index (Phi) is 5.50. The monoisotopic (exact) mass is 357 g/mol. The largest absolute Gasteiger partial charge is 0.369 e. The van der Waals surface area contributed by atoms with Gasteiger partial charge in [-0.05, 0) is 25.0 Å². The number of nitrogens with zero attached hydrogens (tertiary/aromatic N) is 4. The normalized spacial score (nSPS) is 15.0. The van der Waals surface area contributed by atoms with Crippen molar-refractivity contribution in [2.24, 2.45) is 0 Å². The first-order valence-electron chi connectivity index (χ1n) is 8.78. The van der Waals surface area contributed by atoms with Crippen molar-refractivity contribution in [1.82, 2.24) is 19.4 Å². The summed E-state index contributed by atoms with van der Waals surface area (Å²) in [6.07, 6.45) is 6.19. The summed E-state index contributed by atoms with van der Waals surface area (Å²) in [5.41, 5.74) is 1.37. The van der Waals surface area contributed by atoms with Crippen molar-refractivity contribution in [1.29, 1.82) is 0 Å². The minimum Gasteiger partial charge on any atom is -0.369 e. The third-order valence-corrected chi connectivity index (χ3v) is 4.64. The van der Waals surface area contributed by atoms with E-state index in [2.05, 4.69) is 14.9 Å². The van der Waals surface area contributed by atoms with Gasteiger partial charge in [0, 0.05) is 69.5 Å². The number of aromatic amines is 1. The lowest BCUT2D eigenvalue weighted by molar-refractivity contribution is -0.131. The second kappa shape index (κ2) is 7.99. The second-order valence-electron chi connectivity index (χ2n) is 6.44. The molecule has 1 N–H and O–H groups in total. The van der Waals surface area contributed by atoms with Gasteiger partial charge in [-0.1, -0.05) is 0 Å². The number of aromatic nitrogens is 3. The van der Waals surface area contributed by atoms with Crippen molar-refractivity contribution in [2.75, 3.05) is 31.1 Å². The van der Waals surface area contributed by atoms with Gasteiger partial charge in [0.05, 0.1) is 0 Å². The van der Waals surface area contributed by atoms with Crippen LogP contribution in [0.2, 0.25) is 0 Å². The van der Waals surface area contributed by atoms with Crippen LogP contribution in [-0.4, -0.2) is 51.5 Å². The highest BCUT2D eigenvalue weighted by molar-refractivity contribution is 5.76. The van der Waals surface area contributed by atoms with Gasteiger partial charge in [-0.25, -0.2) is 4.79 Å². The highest BCUT2D eigenvalue weighted by Crippen LogP contribution is 2.20. The number of hydrogen-bond donors (Lipinski definition) is 1. The molecule has 1 aliphatic heterocycles. The molecule has 1 fully saturated rings. The van der Waals surface area contributed by atoms with Gasteiger partial charge in [0.1, 0.15) is 0 Å². The lowest BCUT2D eigenvalue weighted by atomic mass is 10.2. The van der Waals surface area contributed by atoms with Crippen LogP contribution in [0.15, 0.2) is 40.3 Å². The van der Waals surface area contributed by atoms with Crippen LogP contribution < -0.4 is 16.1 Å². The first-order chi connectivity index (χ1) is 12.5. The van der Waals surface area contributed by atoms with E-state index in [0.717, 1.165) is 30.8 Å². The molecule has 1 saturated heterocycles. The Morgan fingerprint density at radius 3 is 2.81 bits per heavy atom. The van der Waals surface area contributed by atoms with Gasteiger partial charge in [0.25, 0.3) is 5.56 Å². The van der Waals surface area contributed by atoms with E-state index in [4.69, 9.17) is 0 Å². The molecule has 0 aliphatic carbocycles. The average molecular weight is 357 g/mol. The van der Waals surface area contributed by atoms with Crippen molar-refractivity contribution in [2.45, 2.75) is 26.3 Å². The molecule has 0 saturated carbocycles. The minimum absolute atomic E-state index is 0.0244. The molecular formula is C18H23N5O3. The fourth-order valence-corrected chi connectivity index (χ4v) is 3.22. The molecule has 0 spiro atoms. The number of anilines is 1. The maximum atomic E-state index is 12.5. The van der Waals surface area contributed by atoms with Crippen LogP contribution in [0.5, 0.6) is 0 Å². The van der Waals surface area contributed by atoms with E-state index in [9.17, 15) is 14.4 Å². The van der Waals surface area contributed by atoms with Crippen LogP contribution >= 0.6 is 0 Å². The van der Waals surface area contributed by atoms with E-state index in [1.165, 1.54) is 16.8 Å². The third-order valence-electron chi connectivity index (χ3n) is 4.64. The molecule has 8 heteroatoms. The number of carbonyl (C=O) groups excluding carboxylic acids is 1. The summed E-state index contributed by atoms with van der Waals surface area (Å²) in [5.74, 6) is 0.0244. The standard InChI is InChI=1S/C18H23N5O3/c1-14-13-19-6-3-15(14)21-7-2-8-22(12-11-21)17(25)5-10-23-9-4-16(24)20-18(23)26/h3-4,6,9,13H,2,5,7-8,10-12H2,1H3,(H,20,24,26). The Hall–Kier alpha value is -2.90. The SMILES string of the molecule is Cc1cnccc1N1CCCN(C(=O)CCn2ccc(=O)[nH]c2=O)CC1. The maximum absolute atomic E-state index is 12.5. The van der Waals surface area contributed by atoms with Crippen LogP contribution in [-0.2, 0) is 11.3 Å². The molecule has 1 aliphatic rings. The van der Waals surface area contributed by atoms with E-state index < -0.39 is 11.2 Å². The summed E-state index contributed by atoms with van der Waals surface area (Å²) in [6.45, 7) is 5.33. The number of rotatable bonds is 4. The predicted octanol–water partition coefficient (Wildman–Crippen LogP) is 0.369. The zero-order chi connectivity index (χ0) is 18.5. The highest BCUT2D eigenvalue weighted by Gasteiger charge is 2.20. The summed E-state index contributed by atoms with van der Waals surface area (Å²) in [7, 11) is 0. The number of carbonyl (C=O) groups is 1. The van der Waals surface area contributed by atoms with Crippen molar-refractivity contribution in [3.63, 3.8) is 0 Å². The van der Waals surface area contributed by atoms with Crippen molar-refractivity contribution in [3.05, 3.63) is 57.1 Å². The molecule has 0 bridgehead atoms. The Morgan fingerprint density at radius 1 is 1.19 bits per heavy atom. The van der Waals surface area contributed by atoms with Crippen LogP contribution in [0.3, 0.4) is 0 Å². The molecule has 0 atom stereocenters. The van der Waals surface area contributed by atoms with Gasteiger partial charge in [0.15, 0.2) is 0 Å². The minimum atomic E-state index is -0.486. The molecule has 0 radical (unpaired) electrons. The number of amides is 1. The molecule has 138 valence electrons. The fraction of sp³-hybridized carbons (Fsp3) is 0.444. The first kappa shape index (κ1) is 17.9. The van der Waals surface area contributed by atoms with Gasteiger partial charge >= 0.3 is 5.69 Å². The molecule has 0 unspecified atom stereocenters. The van der Waals surface area contributed by atoms with Crippen LogP contribution in [0.25, 0.3) is 0 Å². The molecule has 0 aromatic carbocycles. The molecule has 8 nitrogen and oxygen atoms in total. The molecule has 26 heavy (non-hydrogen) atoms. The number of pyridine rings is 1. The van der Waals surface area contributed by atoms with Gasteiger partial charge in [-0.3, -0.25) is 19.6 Å². The Labute approximate surface area is 151 Å².